The van der Waals surface area contributed by atoms with E-state index in [0.717, 1.165) is 18.6 Å². The fourth-order valence-electron chi connectivity index (χ4n) is 2.57. The Labute approximate surface area is 114 Å². The zero-order valence-corrected chi connectivity index (χ0v) is 11.2. The first-order valence-corrected chi connectivity index (χ1v) is 6.79. The summed E-state index contributed by atoms with van der Waals surface area (Å²) in [6.07, 6.45) is 2.12. The van der Waals surface area contributed by atoms with Crippen molar-refractivity contribution < 1.29 is 4.74 Å². The van der Waals surface area contributed by atoms with Crippen LogP contribution in [0.15, 0.2) is 42.5 Å². The van der Waals surface area contributed by atoms with Crippen molar-refractivity contribution in [3.05, 3.63) is 64.7 Å². The van der Waals surface area contributed by atoms with Crippen LogP contribution in [0.2, 0.25) is 0 Å². The first-order chi connectivity index (χ1) is 9.22. The fraction of sp³-hybridized carbons (Fsp3) is 0.294. The van der Waals surface area contributed by atoms with Gasteiger partial charge < -0.3 is 10.5 Å². The van der Waals surface area contributed by atoms with E-state index >= 15 is 0 Å². The predicted octanol–water partition coefficient (Wildman–Crippen LogP) is 3.52. The average Bonchev–Trinajstić information content (AvgIpc) is 2.79. The maximum absolute atomic E-state index is 6.03. The molecule has 0 aromatic heterocycles. The summed E-state index contributed by atoms with van der Waals surface area (Å²) in [6, 6.07) is 14.9. The summed E-state index contributed by atoms with van der Waals surface area (Å²) in [5.41, 5.74) is 11.1. The highest BCUT2D eigenvalue weighted by Gasteiger charge is 2.18. The van der Waals surface area contributed by atoms with Crippen molar-refractivity contribution >= 4 is 0 Å². The molecular weight excluding hydrogens is 234 g/mol. The van der Waals surface area contributed by atoms with Gasteiger partial charge in [-0.05, 0) is 48.6 Å². The third-order valence-corrected chi connectivity index (χ3v) is 3.76. The zero-order chi connectivity index (χ0) is 13.2. The van der Waals surface area contributed by atoms with Crippen LogP contribution >= 0.6 is 0 Å². The van der Waals surface area contributed by atoms with Crippen LogP contribution in [-0.4, -0.2) is 0 Å². The molecule has 1 aliphatic carbocycles. The van der Waals surface area contributed by atoms with E-state index in [2.05, 4.69) is 43.3 Å². The van der Waals surface area contributed by atoms with Crippen LogP contribution in [0.1, 0.15) is 34.7 Å². The number of hydrogen-bond acceptors (Lipinski definition) is 2. The molecule has 19 heavy (non-hydrogen) atoms. The van der Waals surface area contributed by atoms with Crippen molar-refractivity contribution in [1.29, 1.82) is 0 Å². The number of ether oxygens (including phenoxy) is 1. The summed E-state index contributed by atoms with van der Waals surface area (Å²) in [4.78, 5) is 0. The van der Waals surface area contributed by atoms with Crippen molar-refractivity contribution in [2.45, 2.75) is 32.4 Å². The van der Waals surface area contributed by atoms with Gasteiger partial charge in [0.25, 0.3) is 0 Å². The second-order valence-corrected chi connectivity index (χ2v) is 5.28. The van der Waals surface area contributed by atoms with Crippen LogP contribution in [0.4, 0.5) is 0 Å². The largest absolute Gasteiger partial charge is 0.489 e. The van der Waals surface area contributed by atoms with Gasteiger partial charge in [0.15, 0.2) is 0 Å². The molecule has 2 aromatic rings. The van der Waals surface area contributed by atoms with Crippen molar-refractivity contribution in [3.8, 4) is 5.75 Å². The lowest BCUT2D eigenvalue weighted by Crippen LogP contribution is -2.05. The van der Waals surface area contributed by atoms with Gasteiger partial charge in [-0.2, -0.15) is 0 Å². The van der Waals surface area contributed by atoms with E-state index in [4.69, 9.17) is 10.5 Å². The molecule has 3 rings (SSSR count). The molecule has 1 aliphatic rings. The Morgan fingerprint density at radius 1 is 1.16 bits per heavy atom. The number of benzene rings is 2. The number of rotatable bonds is 3. The van der Waals surface area contributed by atoms with E-state index in [1.807, 2.05) is 6.07 Å². The zero-order valence-electron chi connectivity index (χ0n) is 11.2. The number of fused-ring (bicyclic) bond motifs is 1. The molecule has 0 saturated heterocycles. The number of hydrogen-bond donors (Lipinski definition) is 1. The minimum atomic E-state index is 0.209. The van der Waals surface area contributed by atoms with Gasteiger partial charge in [-0.3, -0.25) is 0 Å². The second-order valence-electron chi connectivity index (χ2n) is 5.28. The Kier molecular flexibility index (Phi) is 3.26. The summed E-state index contributed by atoms with van der Waals surface area (Å²) in [5, 5.41) is 0. The molecule has 0 saturated carbocycles. The molecule has 0 fully saturated rings. The molecule has 0 aliphatic heterocycles. The fourth-order valence-corrected chi connectivity index (χ4v) is 2.57. The lowest BCUT2D eigenvalue weighted by atomic mass is 10.1. The Morgan fingerprint density at radius 2 is 1.95 bits per heavy atom. The first kappa shape index (κ1) is 12.2. The molecule has 2 nitrogen and oxygen atoms in total. The summed E-state index contributed by atoms with van der Waals surface area (Å²) in [5.74, 6) is 0.938. The number of aryl methyl sites for hydroxylation is 2. The van der Waals surface area contributed by atoms with E-state index < -0.39 is 0 Å². The van der Waals surface area contributed by atoms with E-state index in [1.165, 1.54) is 22.3 Å². The Balaban J connectivity index is 1.69. The van der Waals surface area contributed by atoms with Crippen LogP contribution in [-0.2, 0) is 13.0 Å². The van der Waals surface area contributed by atoms with Crippen molar-refractivity contribution in [3.63, 3.8) is 0 Å². The molecular formula is C17H19NO. The highest BCUT2D eigenvalue weighted by Crippen LogP contribution is 2.32. The van der Waals surface area contributed by atoms with Crippen molar-refractivity contribution in [1.82, 2.24) is 0 Å². The molecule has 0 amide bonds. The molecule has 0 radical (unpaired) electrons. The Morgan fingerprint density at radius 3 is 2.74 bits per heavy atom. The van der Waals surface area contributed by atoms with Gasteiger partial charge in [0.2, 0.25) is 0 Å². The van der Waals surface area contributed by atoms with E-state index in [0.29, 0.717) is 6.61 Å². The molecule has 2 N–H and O–H groups in total. The standard InChI is InChI=1S/C17H19NO/c1-12-2-4-13(5-3-12)11-19-15-7-8-16-14(10-15)6-9-17(16)18/h2-5,7-8,10,17H,6,9,11,18H2,1H3. The quantitative estimate of drug-likeness (QED) is 0.908. The first-order valence-electron chi connectivity index (χ1n) is 6.79. The van der Waals surface area contributed by atoms with Crippen LogP contribution in [0.3, 0.4) is 0 Å². The lowest BCUT2D eigenvalue weighted by molar-refractivity contribution is 0.306. The van der Waals surface area contributed by atoms with Crippen LogP contribution in [0.25, 0.3) is 0 Å². The summed E-state index contributed by atoms with van der Waals surface area (Å²) in [6.45, 7) is 2.71. The minimum Gasteiger partial charge on any atom is -0.489 e. The van der Waals surface area contributed by atoms with Crippen LogP contribution in [0.5, 0.6) is 5.75 Å². The predicted molar refractivity (Wildman–Crippen MR) is 77.2 cm³/mol. The maximum Gasteiger partial charge on any atom is 0.120 e. The van der Waals surface area contributed by atoms with Gasteiger partial charge in [0.05, 0.1) is 0 Å². The molecule has 98 valence electrons. The van der Waals surface area contributed by atoms with E-state index in [-0.39, 0.29) is 6.04 Å². The summed E-state index contributed by atoms with van der Waals surface area (Å²) < 4.78 is 5.85. The van der Waals surface area contributed by atoms with Crippen LogP contribution in [0, 0.1) is 6.92 Å². The highest BCUT2D eigenvalue weighted by molar-refractivity contribution is 5.40. The molecule has 0 bridgehead atoms. The van der Waals surface area contributed by atoms with Gasteiger partial charge in [-0.25, -0.2) is 0 Å². The Hall–Kier alpha value is -1.80. The average molecular weight is 253 g/mol. The SMILES string of the molecule is Cc1ccc(COc2ccc3c(c2)CCC3N)cc1. The Bertz CT molecular complexity index is 574. The van der Waals surface area contributed by atoms with Crippen molar-refractivity contribution in [2.75, 3.05) is 0 Å². The lowest BCUT2D eigenvalue weighted by Gasteiger charge is -2.09. The van der Waals surface area contributed by atoms with Gasteiger partial charge in [0, 0.05) is 6.04 Å². The molecule has 2 heteroatoms. The maximum atomic E-state index is 6.03. The molecule has 2 aromatic carbocycles. The van der Waals surface area contributed by atoms with E-state index in [1.54, 1.807) is 0 Å². The normalized spacial score (nSPS) is 17.3. The highest BCUT2D eigenvalue weighted by atomic mass is 16.5. The van der Waals surface area contributed by atoms with Gasteiger partial charge in [-0.1, -0.05) is 35.9 Å². The third kappa shape index (κ3) is 2.64. The molecule has 1 atom stereocenters. The molecule has 1 unspecified atom stereocenters. The van der Waals surface area contributed by atoms with Gasteiger partial charge in [-0.15, -0.1) is 0 Å². The smallest absolute Gasteiger partial charge is 0.120 e. The van der Waals surface area contributed by atoms with Crippen molar-refractivity contribution in [2.24, 2.45) is 5.73 Å². The van der Waals surface area contributed by atoms with Crippen LogP contribution < -0.4 is 10.5 Å². The number of nitrogens with two attached hydrogens (primary N) is 1. The summed E-state index contributed by atoms with van der Waals surface area (Å²) in [7, 11) is 0. The van der Waals surface area contributed by atoms with Gasteiger partial charge in [0.1, 0.15) is 12.4 Å². The van der Waals surface area contributed by atoms with E-state index in [9.17, 15) is 0 Å². The third-order valence-electron chi connectivity index (χ3n) is 3.76. The summed E-state index contributed by atoms with van der Waals surface area (Å²) >= 11 is 0. The topological polar surface area (TPSA) is 35.2 Å². The van der Waals surface area contributed by atoms with Gasteiger partial charge >= 0.3 is 0 Å². The molecule has 0 heterocycles. The molecule has 0 spiro atoms. The minimum absolute atomic E-state index is 0.209. The second kappa shape index (κ2) is 5.06. The monoisotopic (exact) mass is 253 g/mol.